The Morgan fingerprint density at radius 2 is 1.81 bits per heavy atom. The monoisotopic (exact) mass is 495 g/mol. The molecule has 0 aliphatic carbocycles. The van der Waals surface area contributed by atoms with Gasteiger partial charge in [0.1, 0.15) is 11.6 Å². The van der Waals surface area contributed by atoms with Crippen LogP contribution in [-0.2, 0) is 11.3 Å². The van der Waals surface area contributed by atoms with E-state index in [2.05, 4.69) is 40.0 Å². The molecule has 36 heavy (non-hydrogen) atoms. The molecule has 8 nitrogen and oxygen atoms in total. The maximum Gasteiger partial charge on any atom is 0.325 e. The summed E-state index contributed by atoms with van der Waals surface area (Å²) in [6.45, 7) is 6.24. The van der Waals surface area contributed by atoms with Gasteiger partial charge in [0.15, 0.2) is 0 Å². The molecule has 9 heteroatoms. The summed E-state index contributed by atoms with van der Waals surface area (Å²) in [5, 5.41) is 0. The lowest BCUT2D eigenvalue weighted by atomic mass is 9.85. The number of likely N-dealkylation sites (tertiary alicyclic amines) is 1. The summed E-state index contributed by atoms with van der Waals surface area (Å²) >= 11 is 0. The smallest absolute Gasteiger partial charge is 0.325 e. The van der Waals surface area contributed by atoms with Crippen LogP contribution in [0.5, 0.6) is 5.75 Å². The summed E-state index contributed by atoms with van der Waals surface area (Å²) in [6.07, 6.45) is 1.77. The van der Waals surface area contributed by atoms with Gasteiger partial charge in [-0.15, -0.1) is 0 Å². The van der Waals surface area contributed by atoms with E-state index in [0.29, 0.717) is 30.8 Å². The molecule has 0 saturated carbocycles. The zero-order valence-electron chi connectivity index (χ0n) is 20.7. The Kier molecular flexibility index (Phi) is 6.33. The summed E-state index contributed by atoms with van der Waals surface area (Å²) in [7, 11) is 1.53. The highest BCUT2D eigenvalue weighted by Crippen LogP contribution is 2.40. The van der Waals surface area contributed by atoms with E-state index >= 15 is 0 Å². The summed E-state index contributed by atoms with van der Waals surface area (Å²) in [5.41, 5.74) is 8.98. The number of amides is 2. The van der Waals surface area contributed by atoms with E-state index in [1.54, 1.807) is 0 Å². The van der Waals surface area contributed by atoms with Gasteiger partial charge in [-0.05, 0) is 48.2 Å². The molecule has 2 N–H and O–H groups in total. The third kappa shape index (κ3) is 4.34. The highest BCUT2D eigenvalue weighted by Gasteiger charge is 2.52. The van der Waals surface area contributed by atoms with Gasteiger partial charge >= 0.3 is 6.03 Å². The van der Waals surface area contributed by atoms with Crippen molar-refractivity contribution in [2.45, 2.75) is 36.9 Å². The molecule has 4 aliphatic heterocycles. The Balaban J connectivity index is 1.27. The zero-order valence-corrected chi connectivity index (χ0v) is 20.7. The molecule has 4 heterocycles. The molecule has 2 aromatic carbocycles. The Morgan fingerprint density at radius 3 is 2.44 bits per heavy atom. The standard InChI is InChI=1S/C27H34FN5O3/c1-35-25-11-19(10-22(28)12-25)15-33-26(34)32(23-4-2-20(3-5-23)21-13-29-30-14-21)18-27(33)6-8-31(9-7-27)24-16-36-17-24/h2-5,10-12,21,24,29-30H,6-9,13-18H2,1H3. The van der Waals surface area contributed by atoms with Crippen LogP contribution in [0.25, 0.3) is 0 Å². The molecule has 0 radical (unpaired) electrons. The van der Waals surface area contributed by atoms with Crippen molar-refractivity contribution in [1.82, 2.24) is 20.7 Å². The third-order valence-electron chi connectivity index (χ3n) is 8.36. The number of rotatable bonds is 6. The van der Waals surface area contributed by atoms with Gasteiger partial charge in [-0.25, -0.2) is 9.18 Å². The van der Waals surface area contributed by atoms with Crippen LogP contribution < -0.4 is 20.5 Å². The first-order valence-electron chi connectivity index (χ1n) is 12.8. The Hall–Kier alpha value is -2.72. The molecular formula is C27H34FN5O3. The minimum atomic E-state index is -0.354. The maximum atomic E-state index is 14.3. The Morgan fingerprint density at radius 1 is 1.08 bits per heavy atom. The van der Waals surface area contributed by atoms with Crippen molar-refractivity contribution in [2.24, 2.45) is 0 Å². The minimum absolute atomic E-state index is 0.0180. The van der Waals surface area contributed by atoms with Crippen LogP contribution in [0.1, 0.15) is 29.9 Å². The van der Waals surface area contributed by atoms with Crippen molar-refractivity contribution in [1.29, 1.82) is 0 Å². The van der Waals surface area contributed by atoms with E-state index in [1.807, 2.05) is 15.9 Å². The summed E-state index contributed by atoms with van der Waals surface area (Å²) in [6, 6.07) is 13.6. The number of hydrazine groups is 1. The van der Waals surface area contributed by atoms with Gasteiger partial charge in [0.25, 0.3) is 0 Å². The van der Waals surface area contributed by atoms with E-state index in [4.69, 9.17) is 9.47 Å². The number of halogens is 1. The fourth-order valence-corrected chi connectivity index (χ4v) is 6.04. The Bertz CT molecular complexity index is 1100. The van der Waals surface area contributed by atoms with Crippen LogP contribution >= 0.6 is 0 Å². The average molecular weight is 496 g/mol. The van der Waals surface area contributed by atoms with Gasteiger partial charge in [0.2, 0.25) is 0 Å². The molecule has 0 atom stereocenters. The van der Waals surface area contributed by atoms with Crippen molar-refractivity contribution >= 4 is 11.7 Å². The molecule has 1 spiro atoms. The van der Waals surface area contributed by atoms with E-state index in [1.165, 1.54) is 24.8 Å². The van der Waals surface area contributed by atoms with Gasteiger partial charge in [-0.2, -0.15) is 0 Å². The SMILES string of the molecule is COc1cc(F)cc(CN2C(=O)N(c3ccc(C4CNNC4)cc3)CC23CCN(C2COC2)CC3)c1. The number of nitrogens with one attached hydrogen (secondary N) is 2. The van der Waals surface area contributed by atoms with Crippen molar-refractivity contribution in [3.05, 3.63) is 59.4 Å². The van der Waals surface area contributed by atoms with Crippen LogP contribution in [0.2, 0.25) is 0 Å². The lowest BCUT2D eigenvalue weighted by Crippen LogP contribution is -2.59. The number of anilines is 1. The number of hydrogen-bond donors (Lipinski definition) is 2. The van der Waals surface area contributed by atoms with Gasteiger partial charge in [0.05, 0.1) is 38.4 Å². The number of piperidine rings is 1. The number of carbonyl (C=O) groups excluding carboxylic acids is 1. The van der Waals surface area contributed by atoms with E-state index < -0.39 is 0 Å². The number of benzene rings is 2. The van der Waals surface area contributed by atoms with Crippen LogP contribution in [0.3, 0.4) is 0 Å². The second-order valence-corrected chi connectivity index (χ2v) is 10.5. The molecule has 0 bridgehead atoms. The average Bonchev–Trinajstić information content (AvgIpc) is 3.48. The van der Waals surface area contributed by atoms with Gasteiger partial charge in [-0.3, -0.25) is 20.7 Å². The molecule has 4 aliphatic rings. The number of urea groups is 1. The molecule has 4 fully saturated rings. The minimum Gasteiger partial charge on any atom is -0.497 e. The second kappa shape index (κ2) is 9.63. The van der Waals surface area contributed by atoms with Crippen LogP contribution in [-0.4, -0.2) is 80.5 Å². The summed E-state index contributed by atoms with van der Waals surface area (Å²) in [5.74, 6) is 0.543. The molecule has 192 valence electrons. The number of methoxy groups -OCH3 is 1. The predicted octanol–water partition coefficient (Wildman–Crippen LogP) is 2.70. The molecular weight excluding hydrogens is 461 g/mol. The van der Waals surface area contributed by atoms with Gasteiger partial charge in [0, 0.05) is 50.4 Å². The van der Waals surface area contributed by atoms with Crippen LogP contribution in [0, 0.1) is 5.82 Å². The van der Waals surface area contributed by atoms with E-state index in [-0.39, 0.29) is 17.4 Å². The lowest BCUT2D eigenvalue weighted by Gasteiger charge is -2.47. The largest absolute Gasteiger partial charge is 0.497 e. The fraction of sp³-hybridized carbons (Fsp3) is 0.519. The van der Waals surface area contributed by atoms with Crippen LogP contribution in [0.4, 0.5) is 14.9 Å². The van der Waals surface area contributed by atoms with Gasteiger partial charge < -0.3 is 14.4 Å². The zero-order chi connectivity index (χ0) is 24.7. The topological polar surface area (TPSA) is 69.3 Å². The predicted molar refractivity (Wildman–Crippen MR) is 135 cm³/mol. The molecule has 0 aromatic heterocycles. The second-order valence-electron chi connectivity index (χ2n) is 10.5. The number of nitrogens with zero attached hydrogens (tertiary/aromatic N) is 3. The highest BCUT2D eigenvalue weighted by atomic mass is 19.1. The first kappa shape index (κ1) is 23.7. The number of hydrogen-bond acceptors (Lipinski definition) is 6. The molecule has 2 aromatic rings. The maximum absolute atomic E-state index is 14.3. The number of ether oxygens (including phenoxy) is 2. The van der Waals surface area contributed by atoms with Crippen molar-refractivity contribution in [2.75, 3.05) is 57.9 Å². The normalized spacial score (nSPS) is 23.0. The van der Waals surface area contributed by atoms with Crippen molar-refractivity contribution in [3.8, 4) is 5.75 Å². The summed E-state index contributed by atoms with van der Waals surface area (Å²) in [4.78, 5) is 20.3. The van der Waals surface area contributed by atoms with Gasteiger partial charge in [-0.1, -0.05) is 12.1 Å². The fourth-order valence-electron chi connectivity index (χ4n) is 6.04. The molecule has 0 unspecified atom stereocenters. The van der Waals surface area contributed by atoms with E-state index in [9.17, 15) is 9.18 Å². The lowest BCUT2D eigenvalue weighted by molar-refractivity contribution is -0.0813. The van der Waals surface area contributed by atoms with Crippen molar-refractivity contribution in [3.63, 3.8) is 0 Å². The van der Waals surface area contributed by atoms with Crippen molar-refractivity contribution < 1.29 is 18.7 Å². The highest BCUT2D eigenvalue weighted by molar-refractivity contribution is 5.95. The molecule has 6 rings (SSSR count). The third-order valence-corrected chi connectivity index (χ3v) is 8.36. The first-order chi connectivity index (χ1) is 17.5. The quantitative estimate of drug-likeness (QED) is 0.643. The number of carbonyl (C=O) groups is 1. The Labute approximate surface area is 211 Å². The molecule has 2 amide bonds. The van der Waals surface area contributed by atoms with E-state index in [0.717, 1.165) is 63.5 Å². The molecule has 4 saturated heterocycles. The first-order valence-corrected chi connectivity index (χ1v) is 12.8. The summed E-state index contributed by atoms with van der Waals surface area (Å²) < 4.78 is 25.0. The van der Waals surface area contributed by atoms with Crippen LogP contribution in [0.15, 0.2) is 42.5 Å².